The lowest BCUT2D eigenvalue weighted by molar-refractivity contribution is 0.0138. The summed E-state index contributed by atoms with van der Waals surface area (Å²) in [6, 6.07) is 8.45. The molecule has 134 valence electrons. The maximum Gasteiger partial charge on any atom is 0.407 e. The highest BCUT2D eigenvalue weighted by Gasteiger charge is 2.19. The predicted octanol–water partition coefficient (Wildman–Crippen LogP) is 3.50. The van der Waals surface area contributed by atoms with Gasteiger partial charge in [-0.2, -0.15) is 0 Å². The second kappa shape index (κ2) is 8.49. The van der Waals surface area contributed by atoms with Crippen molar-refractivity contribution in [3.05, 3.63) is 35.4 Å². The fourth-order valence-corrected chi connectivity index (χ4v) is 2.71. The van der Waals surface area contributed by atoms with Gasteiger partial charge < -0.3 is 20.5 Å². The lowest BCUT2D eigenvalue weighted by atomic mass is 9.94. The summed E-state index contributed by atoms with van der Waals surface area (Å²) in [7, 11) is 0. The molecule has 0 unspecified atom stereocenters. The number of nitrogens with two attached hydrogens (primary N) is 1. The van der Waals surface area contributed by atoms with Crippen molar-refractivity contribution in [1.29, 1.82) is 0 Å². The third-order valence-corrected chi connectivity index (χ3v) is 4.06. The average Bonchev–Trinajstić information content (AvgIpc) is 2.52. The molecule has 1 fully saturated rings. The fraction of sp³-hybridized carbons (Fsp3) is 0.632. The Balaban J connectivity index is 1.71. The summed E-state index contributed by atoms with van der Waals surface area (Å²) in [5.41, 5.74) is 7.61. The Bertz CT molecular complexity index is 514. The zero-order valence-corrected chi connectivity index (χ0v) is 15.0. The molecule has 2 rings (SSSR count). The maximum absolute atomic E-state index is 11.6. The number of carbonyl (C=O) groups is 1. The molecule has 1 aromatic rings. The second-order valence-electron chi connectivity index (χ2n) is 7.52. The lowest BCUT2D eigenvalue weighted by Crippen LogP contribution is -2.32. The third-order valence-electron chi connectivity index (χ3n) is 4.06. The molecule has 5 heteroatoms. The van der Waals surface area contributed by atoms with Crippen molar-refractivity contribution < 1.29 is 14.3 Å². The minimum Gasteiger partial charge on any atom is -0.444 e. The minimum absolute atomic E-state index is 0.332. The van der Waals surface area contributed by atoms with Crippen LogP contribution < -0.4 is 11.1 Å². The van der Waals surface area contributed by atoms with E-state index in [4.69, 9.17) is 15.2 Å². The van der Waals surface area contributed by atoms with Crippen molar-refractivity contribution in [3.8, 4) is 0 Å². The van der Waals surface area contributed by atoms with Crippen molar-refractivity contribution in [1.82, 2.24) is 5.32 Å². The van der Waals surface area contributed by atoms with Crippen LogP contribution >= 0.6 is 0 Å². The molecule has 0 atom stereocenters. The highest BCUT2D eigenvalue weighted by Crippen LogP contribution is 2.21. The molecule has 1 amide bonds. The van der Waals surface area contributed by atoms with E-state index in [9.17, 15) is 4.79 Å². The van der Waals surface area contributed by atoms with Crippen LogP contribution in [0.3, 0.4) is 0 Å². The van der Waals surface area contributed by atoms with E-state index in [-0.39, 0.29) is 0 Å². The van der Waals surface area contributed by atoms with Crippen LogP contribution in [0.4, 0.5) is 4.79 Å². The standard InChI is InChI=1S/C19H30N2O3/c1-19(2,3)24-18(22)21-12-14-4-6-15(7-5-14)13-23-17-10-8-16(20)9-11-17/h4-7,16-17H,8-13,20H2,1-3H3,(H,21,22)/t16-,17-. The van der Waals surface area contributed by atoms with E-state index >= 15 is 0 Å². The SMILES string of the molecule is CC(C)(C)OC(=O)NCc1ccc(CO[C@H]2CC[C@H](N)CC2)cc1. The highest BCUT2D eigenvalue weighted by atomic mass is 16.6. The number of carbonyl (C=O) groups excluding carboxylic acids is 1. The number of hydrogen-bond donors (Lipinski definition) is 2. The zero-order valence-electron chi connectivity index (χ0n) is 15.0. The lowest BCUT2D eigenvalue weighted by Gasteiger charge is -2.26. The van der Waals surface area contributed by atoms with Gasteiger partial charge in [0, 0.05) is 12.6 Å². The first kappa shape index (κ1) is 18.7. The van der Waals surface area contributed by atoms with E-state index in [2.05, 4.69) is 5.32 Å². The first-order valence-electron chi connectivity index (χ1n) is 8.74. The van der Waals surface area contributed by atoms with Crippen molar-refractivity contribution in [2.24, 2.45) is 5.73 Å². The number of alkyl carbamates (subject to hydrolysis) is 1. The van der Waals surface area contributed by atoms with E-state index < -0.39 is 11.7 Å². The van der Waals surface area contributed by atoms with Crippen LogP contribution in [-0.4, -0.2) is 23.8 Å². The summed E-state index contributed by atoms with van der Waals surface area (Å²) in [5.74, 6) is 0. The van der Waals surface area contributed by atoms with E-state index in [1.807, 2.05) is 45.0 Å². The molecule has 0 aliphatic heterocycles. The zero-order chi connectivity index (χ0) is 17.6. The molecule has 1 aliphatic rings. The minimum atomic E-state index is -0.478. The average molecular weight is 334 g/mol. The molecule has 1 saturated carbocycles. The van der Waals surface area contributed by atoms with Gasteiger partial charge >= 0.3 is 6.09 Å². The summed E-state index contributed by atoms with van der Waals surface area (Å²) in [6.07, 6.45) is 4.15. The summed E-state index contributed by atoms with van der Waals surface area (Å²) in [6.45, 7) is 6.63. The number of amides is 1. The quantitative estimate of drug-likeness (QED) is 0.864. The van der Waals surface area contributed by atoms with Gasteiger partial charge in [-0.15, -0.1) is 0 Å². The van der Waals surface area contributed by atoms with Crippen LogP contribution in [0, 0.1) is 0 Å². The van der Waals surface area contributed by atoms with Gasteiger partial charge in [0.05, 0.1) is 12.7 Å². The van der Waals surface area contributed by atoms with Crippen molar-refractivity contribution in [3.63, 3.8) is 0 Å². The topological polar surface area (TPSA) is 73.6 Å². The molecular weight excluding hydrogens is 304 g/mol. The third kappa shape index (κ3) is 6.89. The molecule has 0 saturated heterocycles. The Labute approximate surface area is 144 Å². The maximum atomic E-state index is 11.6. The molecule has 5 nitrogen and oxygen atoms in total. The summed E-state index contributed by atoms with van der Waals surface area (Å²) in [5, 5.41) is 2.76. The van der Waals surface area contributed by atoms with Gasteiger partial charge in [0.2, 0.25) is 0 Å². The van der Waals surface area contributed by atoms with Gasteiger partial charge in [-0.05, 0) is 57.6 Å². The van der Waals surface area contributed by atoms with Gasteiger partial charge in [0.1, 0.15) is 5.60 Å². The van der Waals surface area contributed by atoms with E-state index in [1.165, 1.54) is 0 Å². The van der Waals surface area contributed by atoms with Crippen LogP contribution in [0.1, 0.15) is 57.6 Å². The smallest absolute Gasteiger partial charge is 0.407 e. The van der Waals surface area contributed by atoms with Gasteiger partial charge in [-0.1, -0.05) is 24.3 Å². The number of nitrogens with one attached hydrogen (secondary N) is 1. The Kier molecular flexibility index (Phi) is 6.63. The molecule has 1 aromatic carbocycles. The van der Waals surface area contributed by atoms with Gasteiger partial charge in [-0.3, -0.25) is 0 Å². The van der Waals surface area contributed by atoms with Gasteiger partial charge in [0.25, 0.3) is 0 Å². The molecule has 3 N–H and O–H groups in total. The molecule has 0 heterocycles. The van der Waals surface area contributed by atoms with Crippen molar-refractivity contribution in [2.75, 3.05) is 0 Å². The van der Waals surface area contributed by atoms with Gasteiger partial charge in [0.15, 0.2) is 0 Å². The van der Waals surface area contributed by atoms with Crippen LogP contribution in [0.25, 0.3) is 0 Å². The van der Waals surface area contributed by atoms with Crippen LogP contribution in [0.15, 0.2) is 24.3 Å². The summed E-state index contributed by atoms with van der Waals surface area (Å²) in [4.78, 5) is 11.6. The van der Waals surface area contributed by atoms with E-state index in [0.29, 0.717) is 25.3 Å². The molecule has 1 aliphatic carbocycles. The largest absolute Gasteiger partial charge is 0.444 e. The van der Waals surface area contributed by atoms with Gasteiger partial charge in [-0.25, -0.2) is 4.79 Å². The van der Waals surface area contributed by atoms with Crippen molar-refractivity contribution in [2.45, 2.75) is 77.4 Å². The monoisotopic (exact) mass is 334 g/mol. The number of ether oxygens (including phenoxy) is 2. The summed E-state index contributed by atoms with van der Waals surface area (Å²) < 4.78 is 11.2. The first-order chi connectivity index (χ1) is 11.3. The molecule has 24 heavy (non-hydrogen) atoms. The molecular formula is C19H30N2O3. The molecule has 0 aromatic heterocycles. The van der Waals surface area contributed by atoms with E-state index in [1.54, 1.807) is 0 Å². The number of hydrogen-bond acceptors (Lipinski definition) is 4. The van der Waals surface area contributed by atoms with Crippen molar-refractivity contribution >= 4 is 6.09 Å². The number of rotatable bonds is 5. The fourth-order valence-electron chi connectivity index (χ4n) is 2.71. The first-order valence-corrected chi connectivity index (χ1v) is 8.74. The Morgan fingerprint density at radius 3 is 2.29 bits per heavy atom. The number of benzene rings is 1. The molecule has 0 bridgehead atoms. The van der Waals surface area contributed by atoms with Crippen LogP contribution in [0.2, 0.25) is 0 Å². The normalized spacial score (nSPS) is 21.3. The predicted molar refractivity (Wildman–Crippen MR) is 94.5 cm³/mol. The Morgan fingerprint density at radius 1 is 1.12 bits per heavy atom. The Morgan fingerprint density at radius 2 is 1.71 bits per heavy atom. The summed E-state index contributed by atoms with van der Waals surface area (Å²) >= 11 is 0. The Hall–Kier alpha value is -1.59. The highest BCUT2D eigenvalue weighted by molar-refractivity contribution is 5.67. The second-order valence-corrected chi connectivity index (χ2v) is 7.52. The van der Waals surface area contributed by atoms with Crippen LogP contribution in [-0.2, 0) is 22.6 Å². The molecule has 0 spiro atoms. The molecule has 0 radical (unpaired) electrons. The van der Waals surface area contributed by atoms with E-state index in [0.717, 1.165) is 36.8 Å². The van der Waals surface area contributed by atoms with Crippen LogP contribution in [0.5, 0.6) is 0 Å².